The van der Waals surface area contributed by atoms with E-state index in [0.29, 0.717) is 6.54 Å². The van der Waals surface area contributed by atoms with Crippen molar-refractivity contribution >= 4 is 5.69 Å². The summed E-state index contributed by atoms with van der Waals surface area (Å²) < 4.78 is 0. The molecule has 1 heterocycles. The van der Waals surface area contributed by atoms with E-state index >= 15 is 0 Å². The fourth-order valence-electron chi connectivity index (χ4n) is 1.68. The normalized spacial score (nSPS) is 10.2. The molecule has 88 valence electrons. The molecule has 2 aromatic rings. The van der Waals surface area contributed by atoms with E-state index in [1.54, 1.807) is 6.20 Å². The standard InChI is InChI=1S/C14H17N3/c1-11-2-4-14(5-3-11)17-10-13-9-16-7-6-12(13)8-15/h2-7,9,17H,8,10,15H2,1H3. The minimum absolute atomic E-state index is 0.549. The fraction of sp³-hybridized carbons (Fsp3) is 0.214. The van der Waals surface area contributed by atoms with Gasteiger partial charge >= 0.3 is 0 Å². The summed E-state index contributed by atoms with van der Waals surface area (Å²) in [6.07, 6.45) is 3.64. The molecule has 0 fully saturated rings. The Balaban J connectivity index is 2.04. The van der Waals surface area contributed by atoms with Crippen LogP contribution in [0.15, 0.2) is 42.7 Å². The van der Waals surface area contributed by atoms with Crippen LogP contribution in [0, 0.1) is 6.92 Å². The van der Waals surface area contributed by atoms with Crippen LogP contribution >= 0.6 is 0 Å². The van der Waals surface area contributed by atoms with Crippen LogP contribution in [0.2, 0.25) is 0 Å². The van der Waals surface area contributed by atoms with Gasteiger partial charge in [-0.2, -0.15) is 0 Å². The summed E-state index contributed by atoms with van der Waals surface area (Å²) in [6, 6.07) is 10.3. The summed E-state index contributed by atoms with van der Waals surface area (Å²) in [6.45, 7) is 3.38. The molecular weight excluding hydrogens is 210 g/mol. The predicted molar refractivity (Wildman–Crippen MR) is 70.6 cm³/mol. The molecule has 0 amide bonds. The highest BCUT2D eigenvalue weighted by molar-refractivity contribution is 5.45. The number of aryl methyl sites for hydroxylation is 1. The number of hydrogen-bond acceptors (Lipinski definition) is 3. The highest BCUT2D eigenvalue weighted by Gasteiger charge is 2.00. The van der Waals surface area contributed by atoms with Gasteiger partial charge in [0.15, 0.2) is 0 Å². The summed E-state index contributed by atoms with van der Waals surface area (Å²) in [5.41, 5.74) is 10.3. The zero-order chi connectivity index (χ0) is 12.1. The van der Waals surface area contributed by atoms with Crippen LogP contribution < -0.4 is 11.1 Å². The van der Waals surface area contributed by atoms with Gasteiger partial charge in [-0.05, 0) is 36.2 Å². The Labute approximate surface area is 102 Å². The van der Waals surface area contributed by atoms with Crippen molar-refractivity contribution < 1.29 is 0 Å². The van der Waals surface area contributed by atoms with Crippen LogP contribution in [-0.4, -0.2) is 4.98 Å². The summed E-state index contributed by atoms with van der Waals surface area (Å²) in [7, 11) is 0. The topological polar surface area (TPSA) is 50.9 Å². The van der Waals surface area contributed by atoms with Gasteiger partial charge in [-0.25, -0.2) is 0 Å². The Morgan fingerprint density at radius 2 is 1.88 bits per heavy atom. The second kappa shape index (κ2) is 5.46. The molecule has 0 saturated heterocycles. The summed E-state index contributed by atoms with van der Waals surface area (Å²) >= 11 is 0. The lowest BCUT2D eigenvalue weighted by Gasteiger charge is -2.09. The van der Waals surface area contributed by atoms with E-state index in [4.69, 9.17) is 5.73 Å². The number of anilines is 1. The maximum absolute atomic E-state index is 5.68. The predicted octanol–water partition coefficient (Wildman–Crippen LogP) is 2.46. The van der Waals surface area contributed by atoms with Crippen molar-refractivity contribution in [2.75, 3.05) is 5.32 Å². The number of pyridine rings is 1. The van der Waals surface area contributed by atoms with Crippen molar-refractivity contribution in [1.82, 2.24) is 4.98 Å². The monoisotopic (exact) mass is 227 g/mol. The van der Waals surface area contributed by atoms with Gasteiger partial charge in [-0.1, -0.05) is 17.7 Å². The molecule has 0 bridgehead atoms. The molecule has 17 heavy (non-hydrogen) atoms. The Hall–Kier alpha value is -1.87. The molecule has 0 unspecified atom stereocenters. The molecule has 2 rings (SSSR count). The maximum Gasteiger partial charge on any atom is 0.0419 e. The number of rotatable bonds is 4. The number of aromatic nitrogens is 1. The molecule has 0 spiro atoms. The first-order valence-corrected chi connectivity index (χ1v) is 5.72. The molecule has 1 aromatic carbocycles. The van der Waals surface area contributed by atoms with Gasteiger partial charge in [0.1, 0.15) is 0 Å². The Morgan fingerprint density at radius 1 is 1.12 bits per heavy atom. The van der Waals surface area contributed by atoms with E-state index in [9.17, 15) is 0 Å². The molecule has 0 saturated carbocycles. The second-order valence-corrected chi connectivity index (χ2v) is 4.07. The van der Waals surface area contributed by atoms with Gasteiger partial charge in [0.25, 0.3) is 0 Å². The van der Waals surface area contributed by atoms with Gasteiger partial charge in [0.05, 0.1) is 0 Å². The molecule has 3 heteroatoms. The van der Waals surface area contributed by atoms with Crippen molar-refractivity contribution in [3.8, 4) is 0 Å². The number of benzene rings is 1. The largest absolute Gasteiger partial charge is 0.381 e. The SMILES string of the molecule is Cc1ccc(NCc2cnccc2CN)cc1. The van der Waals surface area contributed by atoms with Gasteiger partial charge in [0.2, 0.25) is 0 Å². The molecule has 0 atom stereocenters. The fourth-order valence-corrected chi connectivity index (χ4v) is 1.68. The minimum atomic E-state index is 0.549. The van der Waals surface area contributed by atoms with E-state index in [1.165, 1.54) is 5.56 Å². The van der Waals surface area contributed by atoms with Crippen LogP contribution in [0.5, 0.6) is 0 Å². The quantitative estimate of drug-likeness (QED) is 0.843. The average molecular weight is 227 g/mol. The average Bonchev–Trinajstić information content (AvgIpc) is 2.38. The van der Waals surface area contributed by atoms with Crippen LogP contribution in [0.1, 0.15) is 16.7 Å². The van der Waals surface area contributed by atoms with Crippen molar-refractivity contribution in [3.63, 3.8) is 0 Å². The van der Waals surface area contributed by atoms with Crippen molar-refractivity contribution in [2.24, 2.45) is 5.73 Å². The van der Waals surface area contributed by atoms with Crippen molar-refractivity contribution in [3.05, 3.63) is 59.4 Å². The van der Waals surface area contributed by atoms with Gasteiger partial charge < -0.3 is 11.1 Å². The third-order valence-corrected chi connectivity index (χ3v) is 2.76. The van der Waals surface area contributed by atoms with Crippen LogP contribution in [0.3, 0.4) is 0 Å². The van der Waals surface area contributed by atoms with Gasteiger partial charge in [0, 0.05) is 31.2 Å². The molecule has 3 N–H and O–H groups in total. The van der Waals surface area contributed by atoms with E-state index in [2.05, 4.69) is 41.5 Å². The lowest BCUT2D eigenvalue weighted by molar-refractivity contribution is 0.989. The molecule has 0 radical (unpaired) electrons. The lowest BCUT2D eigenvalue weighted by atomic mass is 10.1. The van der Waals surface area contributed by atoms with Crippen molar-refractivity contribution in [2.45, 2.75) is 20.0 Å². The third-order valence-electron chi connectivity index (χ3n) is 2.76. The van der Waals surface area contributed by atoms with Crippen LogP contribution in [0.25, 0.3) is 0 Å². The zero-order valence-electron chi connectivity index (χ0n) is 9.98. The summed E-state index contributed by atoms with van der Waals surface area (Å²) in [4.78, 5) is 4.12. The minimum Gasteiger partial charge on any atom is -0.381 e. The first-order chi connectivity index (χ1) is 8.29. The number of nitrogens with zero attached hydrogens (tertiary/aromatic N) is 1. The summed E-state index contributed by atoms with van der Waals surface area (Å²) in [5, 5.41) is 3.37. The van der Waals surface area contributed by atoms with Gasteiger partial charge in [-0.3, -0.25) is 4.98 Å². The van der Waals surface area contributed by atoms with Gasteiger partial charge in [-0.15, -0.1) is 0 Å². The molecule has 0 aliphatic heterocycles. The molecular formula is C14H17N3. The Bertz CT molecular complexity index is 477. The van der Waals surface area contributed by atoms with E-state index in [0.717, 1.165) is 23.4 Å². The first-order valence-electron chi connectivity index (χ1n) is 5.72. The summed E-state index contributed by atoms with van der Waals surface area (Å²) in [5.74, 6) is 0. The lowest BCUT2D eigenvalue weighted by Crippen LogP contribution is -2.06. The first kappa shape index (κ1) is 11.6. The molecule has 0 aliphatic rings. The highest BCUT2D eigenvalue weighted by atomic mass is 14.9. The van der Waals surface area contributed by atoms with Crippen LogP contribution in [-0.2, 0) is 13.1 Å². The number of nitrogens with two attached hydrogens (primary N) is 1. The van der Waals surface area contributed by atoms with Crippen LogP contribution in [0.4, 0.5) is 5.69 Å². The molecule has 0 aliphatic carbocycles. The molecule has 3 nitrogen and oxygen atoms in total. The zero-order valence-corrected chi connectivity index (χ0v) is 9.98. The second-order valence-electron chi connectivity index (χ2n) is 4.07. The maximum atomic E-state index is 5.68. The smallest absolute Gasteiger partial charge is 0.0419 e. The van der Waals surface area contributed by atoms with E-state index < -0.39 is 0 Å². The highest BCUT2D eigenvalue weighted by Crippen LogP contribution is 2.12. The molecule has 1 aromatic heterocycles. The van der Waals surface area contributed by atoms with E-state index in [-0.39, 0.29) is 0 Å². The third kappa shape index (κ3) is 3.04. The Kier molecular flexibility index (Phi) is 3.73. The Morgan fingerprint density at radius 3 is 2.59 bits per heavy atom. The number of nitrogens with one attached hydrogen (secondary N) is 1. The van der Waals surface area contributed by atoms with Crippen molar-refractivity contribution in [1.29, 1.82) is 0 Å². The number of hydrogen-bond donors (Lipinski definition) is 2. The van der Waals surface area contributed by atoms with E-state index in [1.807, 2.05) is 12.3 Å².